The highest BCUT2D eigenvalue weighted by molar-refractivity contribution is 7.87. The highest BCUT2D eigenvalue weighted by atomic mass is 32.3. The lowest BCUT2D eigenvalue weighted by atomic mass is 10.4. The topological polar surface area (TPSA) is 97.5 Å². The van der Waals surface area contributed by atoms with Crippen LogP contribution in [0.5, 0.6) is 0 Å². The van der Waals surface area contributed by atoms with Crippen LogP contribution in [0, 0.1) is 13.8 Å². The van der Waals surface area contributed by atoms with Gasteiger partial charge >= 0.3 is 10.2 Å². The number of aromatic nitrogens is 4. The molecule has 1 amide bonds. The predicted molar refractivity (Wildman–Crippen MR) is 71.0 cm³/mol. The van der Waals surface area contributed by atoms with Crippen LogP contribution >= 0.6 is 0 Å². The quantitative estimate of drug-likeness (QED) is 0.732. The Morgan fingerprint density at radius 1 is 1.33 bits per heavy atom. The van der Waals surface area contributed by atoms with E-state index in [9.17, 15) is 17.1 Å². The number of fused-ring (bicyclic) bond motifs is 1. The van der Waals surface area contributed by atoms with E-state index in [1.807, 2.05) is 0 Å². The van der Waals surface area contributed by atoms with Crippen molar-refractivity contribution in [2.45, 2.75) is 25.5 Å². The molecule has 1 atom stereocenters. The molecular formula is C11H12FN5O3S. The van der Waals surface area contributed by atoms with E-state index in [2.05, 4.69) is 15.1 Å². The summed E-state index contributed by atoms with van der Waals surface area (Å²) >= 11 is 0. The Kier molecular flexibility index (Phi) is 2.94. The second-order valence-electron chi connectivity index (χ2n) is 4.97. The average molecular weight is 313 g/mol. The molecule has 8 nitrogen and oxygen atoms in total. The molecule has 10 heteroatoms. The molecule has 0 bridgehead atoms. The monoisotopic (exact) mass is 313 g/mol. The van der Waals surface area contributed by atoms with E-state index in [1.165, 1.54) is 4.52 Å². The Balaban J connectivity index is 2.02. The summed E-state index contributed by atoms with van der Waals surface area (Å²) in [4.78, 5) is 21.2. The van der Waals surface area contributed by atoms with Crippen molar-refractivity contribution in [3.05, 3.63) is 17.5 Å². The number of carbonyl (C=O) groups is 1. The average Bonchev–Trinajstić information content (AvgIpc) is 2.91. The van der Waals surface area contributed by atoms with Crippen LogP contribution in [0.1, 0.15) is 17.8 Å². The van der Waals surface area contributed by atoms with E-state index in [4.69, 9.17) is 0 Å². The fraction of sp³-hybridized carbons (Fsp3) is 0.455. The molecule has 112 valence electrons. The van der Waals surface area contributed by atoms with Crippen molar-refractivity contribution in [3.8, 4) is 0 Å². The summed E-state index contributed by atoms with van der Waals surface area (Å²) in [5.41, 5.74) is 1.52. The standard InChI is InChI=1S/C11H12FN5O3S/c1-6-3-7(2)17-10(13-6)14-11(15-17)16-5-8(4-9(16)18)21(12,19)20/h3,8H,4-5H2,1-2H3. The number of carbonyl (C=O) groups excluding carboxylic acids is 1. The van der Waals surface area contributed by atoms with Crippen LogP contribution in [0.15, 0.2) is 6.07 Å². The lowest BCUT2D eigenvalue weighted by molar-refractivity contribution is -0.117. The molecule has 0 aromatic carbocycles. The van der Waals surface area contributed by atoms with Gasteiger partial charge in [0.25, 0.3) is 11.7 Å². The summed E-state index contributed by atoms with van der Waals surface area (Å²) < 4.78 is 36.3. The van der Waals surface area contributed by atoms with E-state index in [0.717, 1.165) is 16.3 Å². The van der Waals surface area contributed by atoms with Crippen molar-refractivity contribution in [3.63, 3.8) is 0 Å². The van der Waals surface area contributed by atoms with E-state index in [-0.39, 0.29) is 12.5 Å². The first-order valence-corrected chi connectivity index (χ1v) is 7.65. The number of rotatable bonds is 2. The summed E-state index contributed by atoms with van der Waals surface area (Å²) in [5.74, 6) is -0.180. The molecule has 21 heavy (non-hydrogen) atoms. The third kappa shape index (κ3) is 2.35. The zero-order chi connectivity index (χ0) is 15.4. The van der Waals surface area contributed by atoms with Crippen LogP contribution in [-0.4, -0.2) is 45.7 Å². The largest absolute Gasteiger partial charge is 0.307 e. The maximum atomic E-state index is 13.0. The fourth-order valence-electron chi connectivity index (χ4n) is 2.33. The second-order valence-corrected chi connectivity index (χ2v) is 6.59. The molecule has 0 spiro atoms. The van der Waals surface area contributed by atoms with Crippen LogP contribution in [0.2, 0.25) is 0 Å². The number of hydrogen-bond acceptors (Lipinski definition) is 6. The van der Waals surface area contributed by atoms with Gasteiger partial charge in [-0.05, 0) is 19.9 Å². The van der Waals surface area contributed by atoms with Crippen molar-refractivity contribution < 1.29 is 17.1 Å². The van der Waals surface area contributed by atoms with Gasteiger partial charge in [0.2, 0.25) is 5.91 Å². The summed E-state index contributed by atoms with van der Waals surface area (Å²) in [7, 11) is -4.76. The number of amides is 1. The van der Waals surface area contributed by atoms with E-state index in [1.54, 1.807) is 19.9 Å². The normalized spacial score (nSPS) is 19.7. The van der Waals surface area contributed by atoms with Crippen LogP contribution in [0.3, 0.4) is 0 Å². The zero-order valence-corrected chi connectivity index (χ0v) is 12.1. The SMILES string of the molecule is Cc1cc(C)n2nc(N3CC(S(=O)(=O)F)CC3=O)nc2n1. The lowest BCUT2D eigenvalue weighted by Gasteiger charge is -2.09. The van der Waals surface area contributed by atoms with Gasteiger partial charge in [-0.2, -0.15) is 17.9 Å². The second kappa shape index (κ2) is 4.45. The van der Waals surface area contributed by atoms with Gasteiger partial charge in [-0.1, -0.05) is 0 Å². The van der Waals surface area contributed by atoms with Crippen molar-refractivity contribution >= 4 is 27.9 Å². The van der Waals surface area contributed by atoms with Gasteiger partial charge in [-0.3, -0.25) is 9.69 Å². The molecule has 0 N–H and O–H groups in total. The zero-order valence-electron chi connectivity index (χ0n) is 11.3. The van der Waals surface area contributed by atoms with Gasteiger partial charge in [0.15, 0.2) is 0 Å². The van der Waals surface area contributed by atoms with E-state index < -0.39 is 27.8 Å². The van der Waals surface area contributed by atoms with Gasteiger partial charge in [0.05, 0.1) is 0 Å². The number of hydrogen-bond donors (Lipinski definition) is 0. The molecule has 1 aliphatic rings. The van der Waals surface area contributed by atoms with Gasteiger partial charge < -0.3 is 0 Å². The van der Waals surface area contributed by atoms with Gasteiger partial charge in [0, 0.05) is 24.4 Å². The summed E-state index contributed by atoms with van der Waals surface area (Å²) in [5, 5.41) is 2.77. The number of nitrogens with zero attached hydrogens (tertiary/aromatic N) is 5. The van der Waals surface area contributed by atoms with Gasteiger partial charge in [0.1, 0.15) is 5.25 Å². The van der Waals surface area contributed by atoms with Crippen LogP contribution in [0.4, 0.5) is 9.83 Å². The van der Waals surface area contributed by atoms with Gasteiger partial charge in [-0.25, -0.2) is 4.98 Å². The molecule has 1 fully saturated rings. The minimum atomic E-state index is -4.76. The Bertz CT molecular complexity index is 847. The molecular weight excluding hydrogens is 301 g/mol. The Morgan fingerprint density at radius 2 is 2.05 bits per heavy atom. The summed E-state index contributed by atoms with van der Waals surface area (Å²) in [6, 6.07) is 1.80. The van der Waals surface area contributed by atoms with Crippen molar-refractivity contribution in [1.82, 2.24) is 19.6 Å². The molecule has 2 aromatic rings. The third-order valence-corrected chi connectivity index (χ3v) is 4.45. The highest BCUT2D eigenvalue weighted by Crippen LogP contribution is 2.24. The minimum absolute atomic E-state index is 0.0346. The van der Waals surface area contributed by atoms with Crippen molar-refractivity contribution in [2.75, 3.05) is 11.4 Å². The fourth-order valence-corrected chi connectivity index (χ4v) is 3.00. The molecule has 0 radical (unpaired) electrons. The number of halogens is 1. The Morgan fingerprint density at radius 3 is 2.67 bits per heavy atom. The number of aryl methyl sites for hydroxylation is 2. The molecule has 2 aromatic heterocycles. The smallest absolute Gasteiger partial charge is 0.278 e. The van der Waals surface area contributed by atoms with Crippen LogP contribution in [-0.2, 0) is 15.0 Å². The first-order chi connectivity index (χ1) is 9.75. The molecule has 0 saturated carbocycles. The van der Waals surface area contributed by atoms with Crippen molar-refractivity contribution in [1.29, 1.82) is 0 Å². The molecule has 1 unspecified atom stereocenters. The Hall–Kier alpha value is -2.10. The summed E-state index contributed by atoms with van der Waals surface area (Å²) in [6.45, 7) is 3.32. The third-order valence-electron chi connectivity index (χ3n) is 3.34. The highest BCUT2D eigenvalue weighted by Gasteiger charge is 2.40. The molecule has 1 saturated heterocycles. The van der Waals surface area contributed by atoms with Gasteiger partial charge in [-0.15, -0.1) is 8.98 Å². The van der Waals surface area contributed by atoms with E-state index >= 15 is 0 Å². The first-order valence-electron chi connectivity index (χ1n) is 6.20. The first kappa shape index (κ1) is 13.9. The predicted octanol–water partition coefficient (Wildman–Crippen LogP) is 0.146. The molecule has 0 aliphatic carbocycles. The minimum Gasteiger partial charge on any atom is -0.278 e. The van der Waals surface area contributed by atoms with Crippen molar-refractivity contribution in [2.24, 2.45) is 0 Å². The lowest BCUT2D eigenvalue weighted by Crippen LogP contribution is -2.28. The maximum absolute atomic E-state index is 13.0. The molecule has 3 rings (SSSR count). The van der Waals surface area contributed by atoms with Crippen LogP contribution < -0.4 is 4.90 Å². The molecule has 1 aliphatic heterocycles. The number of anilines is 1. The van der Waals surface area contributed by atoms with E-state index in [0.29, 0.717) is 5.78 Å². The van der Waals surface area contributed by atoms with Crippen LogP contribution in [0.25, 0.3) is 5.78 Å². The Labute approximate surface area is 119 Å². The molecule has 3 heterocycles. The maximum Gasteiger partial charge on any atom is 0.307 e. The summed E-state index contributed by atoms with van der Waals surface area (Å²) in [6.07, 6.45) is -0.403.